The molecular weight excluding hydrogens is 266 g/mol. The smallest absolute Gasteiger partial charge is 0.331 e. The summed E-state index contributed by atoms with van der Waals surface area (Å²) in [6, 6.07) is 16.8. The Morgan fingerprint density at radius 3 is 2.62 bits per heavy atom. The van der Waals surface area contributed by atoms with Crippen molar-refractivity contribution in [3.05, 3.63) is 60.8 Å². The van der Waals surface area contributed by atoms with Crippen LogP contribution in [0.25, 0.3) is 10.9 Å². The molecule has 1 heterocycles. The number of nitrogens with zero attached hydrogens (tertiary/aromatic N) is 1. The van der Waals surface area contributed by atoms with E-state index in [0.717, 1.165) is 16.7 Å². The van der Waals surface area contributed by atoms with Gasteiger partial charge in [0.05, 0.1) is 7.11 Å². The summed E-state index contributed by atoms with van der Waals surface area (Å²) in [5.74, 6) is 1.06. The van der Waals surface area contributed by atoms with E-state index in [9.17, 15) is 4.79 Å². The van der Waals surface area contributed by atoms with Crippen LogP contribution >= 0.6 is 0 Å². The van der Waals surface area contributed by atoms with Gasteiger partial charge in [0.2, 0.25) is 0 Å². The zero-order valence-electron chi connectivity index (χ0n) is 11.7. The molecule has 0 amide bonds. The van der Waals surface area contributed by atoms with Crippen LogP contribution in [0, 0.1) is 0 Å². The second-order valence-electron chi connectivity index (χ2n) is 4.66. The number of ether oxygens (including phenoxy) is 2. The third-order valence-electron chi connectivity index (χ3n) is 3.25. The lowest BCUT2D eigenvalue weighted by molar-refractivity contribution is -0.134. The number of hydrogen-bond acceptors (Lipinski definition) is 3. The van der Waals surface area contributed by atoms with Crippen LogP contribution in [0.3, 0.4) is 0 Å². The summed E-state index contributed by atoms with van der Waals surface area (Å²) < 4.78 is 12.3. The SMILES string of the molecule is COc1ccc2c(ccn2CC(=O)Oc2ccccc2)c1. The van der Waals surface area contributed by atoms with E-state index in [-0.39, 0.29) is 12.5 Å². The van der Waals surface area contributed by atoms with Crippen molar-refractivity contribution in [3.63, 3.8) is 0 Å². The molecule has 3 rings (SSSR count). The van der Waals surface area contributed by atoms with Gasteiger partial charge in [-0.3, -0.25) is 0 Å². The number of aromatic nitrogens is 1. The van der Waals surface area contributed by atoms with Crippen LogP contribution < -0.4 is 9.47 Å². The van der Waals surface area contributed by atoms with Crippen LogP contribution in [0.4, 0.5) is 0 Å². The Morgan fingerprint density at radius 2 is 1.86 bits per heavy atom. The van der Waals surface area contributed by atoms with E-state index in [0.29, 0.717) is 5.75 Å². The number of benzene rings is 2. The molecule has 1 aromatic heterocycles. The molecule has 21 heavy (non-hydrogen) atoms. The summed E-state index contributed by atoms with van der Waals surface area (Å²) in [5.41, 5.74) is 0.973. The van der Waals surface area contributed by atoms with E-state index < -0.39 is 0 Å². The molecule has 0 atom stereocenters. The minimum absolute atomic E-state index is 0.171. The first-order valence-corrected chi connectivity index (χ1v) is 6.65. The minimum Gasteiger partial charge on any atom is -0.497 e. The third-order valence-corrected chi connectivity index (χ3v) is 3.25. The van der Waals surface area contributed by atoms with Gasteiger partial charge in [-0.15, -0.1) is 0 Å². The van der Waals surface area contributed by atoms with Gasteiger partial charge in [-0.2, -0.15) is 0 Å². The molecule has 2 aromatic carbocycles. The van der Waals surface area contributed by atoms with Gasteiger partial charge < -0.3 is 14.0 Å². The average molecular weight is 281 g/mol. The van der Waals surface area contributed by atoms with Crippen LogP contribution in [-0.2, 0) is 11.3 Å². The van der Waals surface area contributed by atoms with Crippen LogP contribution in [0.5, 0.6) is 11.5 Å². The van der Waals surface area contributed by atoms with Crippen LogP contribution in [0.2, 0.25) is 0 Å². The van der Waals surface area contributed by atoms with E-state index in [4.69, 9.17) is 9.47 Å². The number of carbonyl (C=O) groups is 1. The number of hydrogen-bond donors (Lipinski definition) is 0. The van der Waals surface area contributed by atoms with E-state index in [1.807, 2.05) is 53.2 Å². The topological polar surface area (TPSA) is 40.5 Å². The van der Waals surface area contributed by atoms with Gasteiger partial charge in [0.15, 0.2) is 0 Å². The zero-order chi connectivity index (χ0) is 14.7. The van der Waals surface area contributed by atoms with Gasteiger partial charge in [-0.25, -0.2) is 4.79 Å². The first kappa shape index (κ1) is 13.2. The molecule has 0 saturated carbocycles. The number of para-hydroxylation sites is 1. The van der Waals surface area contributed by atoms with Crippen molar-refractivity contribution in [2.75, 3.05) is 7.11 Å². The predicted molar refractivity (Wildman–Crippen MR) is 80.6 cm³/mol. The Bertz CT molecular complexity index is 762. The molecule has 0 aliphatic carbocycles. The molecule has 4 heteroatoms. The number of fused-ring (bicyclic) bond motifs is 1. The molecule has 0 fully saturated rings. The summed E-state index contributed by atoms with van der Waals surface area (Å²) in [6.07, 6.45) is 1.87. The lowest BCUT2D eigenvalue weighted by atomic mass is 10.2. The number of rotatable bonds is 4. The molecule has 0 N–H and O–H groups in total. The fourth-order valence-corrected chi connectivity index (χ4v) is 2.23. The van der Waals surface area contributed by atoms with Crippen molar-refractivity contribution < 1.29 is 14.3 Å². The summed E-state index contributed by atoms with van der Waals surface area (Å²) in [4.78, 5) is 12.0. The normalized spacial score (nSPS) is 10.5. The average Bonchev–Trinajstić information content (AvgIpc) is 2.90. The molecular formula is C17H15NO3. The number of esters is 1. The van der Waals surface area contributed by atoms with Gasteiger partial charge >= 0.3 is 5.97 Å². The summed E-state index contributed by atoms with van der Waals surface area (Å²) >= 11 is 0. The van der Waals surface area contributed by atoms with E-state index in [1.54, 1.807) is 19.2 Å². The van der Waals surface area contributed by atoms with Crippen molar-refractivity contribution in [2.45, 2.75) is 6.54 Å². The lowest BCUT2D eigenvalue weighted by Crippen LogP contribution is -2.15. The largest absolute Gasteiger partial charge is 0.497 e. The first-order chi connectivity index (χ1) is 10.3. The molecule has 3 aromatic rings. The maximum absolute atomic E-state index is 12.0. The Morgan fingerprint density at radius 1 is 1.05 bits per heavy atom. The van der Waals surface area contributed by atoms with Gasteiger partial charge in [-0.1, -0.05) is 18.2 Å². The van der Waals surface area contributed by atoms with E-state index in [1.165, 1.54) is 0 Å². The predicted octanol–water partition coefficient (Wildman–Crippen LogP) is 3.26. The molecule has 106 valence electrons. The highest BCUT2D eigenvalue weighted by Gasteiger charge is 2.09. The van der Waals surface area contributed by atoms with Crippen molar-refractivity contribution in [1.29, 1.82) is 0 Å². The highest BCUT2D eigenvalue weighted by atomic mass is 16.5. The quantitative estimate of drug-likeness (QED) is 0.544. The number of methoxy groups -OCH3 is 1. The molecule has 0 unspecified atom stereocenters. The minimum atomic E-state index is -0.297. The fraction of sp³-hybridized carbons (Fsp3) is 0.118. The Kier molecular flexibility index (Phi) is 3.60. The van der Waals surface area contributed by atoms with Crippen molar-refractivity contribution in [1.82, 2.24) is 4.57 Å². The maximum Gasteiger partial charge on any atom is 0.331 e. The highest BCUT2D eigenvalue weighted by molar-refractivity contribution is 5.83. The highest BCUT2D eigenvalue weighted by Crippen LogP contribution is 2.22. The fourth-order valence-electron chi connectivity index (χ4n) is 2.23. The maximum atomic E-state index is 12.0. The summed E-state index contributed by atoms with van der Waals surface area (Å²) in [7, 11) is 1.63. The summed E-state index contributed by atoms with van der Waals surface area (Å²) in [5, 5.41) is 1.03. The molecule has 0 spiro atoms. The second kappa shape index (κ2) is 5.71. The van der Waals surface area contributed by atoms with Crippen LogP contribution in [-0.4, -0.2) is 17.6 Å². The monoisotopic (exact) mass is 281 g/mol. The second-order valence-corrected chi connectivity index (χ2v) is 4.66. The third kappa shape index (κ3) is 2.89. The van der Waals surface area contributed by atoms with Crippen molar-refractivity contribution in [3.8, 4) is 11.5 Å². The molecule has 0 aliphatic heterocycles. The van der Waals surface area contributed by atoms with Crippen molar-refractivity contribution in [2.24, 2.45) is 0 Å². The standard InChI is InChI=1S/C17H15NO3/c1-20-15-7-8-16-13(11-15)9-10-18(16)12-17(19)21-14-5-3-2-4-6-14/h2-11H,12H2,1H3. The molecule has 0 saturated heterocycles. The van der Waals surface area contributed by atoms with Gasteiger partial charge in [0.25, 0.3) is 0 Å². The van der Waals surface area contributed by atoms with Crippen LogP contribution in [0.1, 0.15) is 0 Å². The van der Waals surface area contributed by atoms with Gasteiger partial charge in [0.1, 0.15) is 18.0 Å². The molecule has 0 radical (unpaired) electrons. The molecule has 4 nitrogen and oxygen atoms in total. The Labute approximate surface area is 122 Å². The lowest BCUT2D eigenvalue weighted by Gasteiger charge is -2.07. The van der Waals surface area contributed by atoms with Gasteiger partial charge in [0, 0.05) is 17.1 Å². The molecule has 0 aliphatic rings. The first-order valence-electron chi connectivity index (χ1n) is 6.65. The van der Waals surface area contributed by atoms with Crippen molar-refractivity contribution >= 4 is 16.9 Å². The van der Waals surface area contributed by atoms with Gasteiger partial charge in [-0.05, 0) is 36.4 Å². The van der Waals surface area contributed by atoms with Crippen LogP contribution in [0.15, 0.2) is 60.8 Å². The Hall–Kier alpha value is -2.75. The van der Waals surface area contributed by atoms with E-state index >= 15 is 0 Å². The zero-order valence-corrected chi connectivity index (χ0v) is 11.7. The number of carbonyl (C=O) groups excluding carboxylic acids is 1. The molecule has 0 bridgehead atoms. The van der Waals surface area contributed by atoms with E-state index in [2.05, 4.69) is 0 Å². The Balaban J connectivity index is 1.77. The summed E-state index contributed by atoms with van der Waals surface area (Å²) in [6.45, 7) is 0.171.